The van der Waals surface area contributed by atoms with Gasteiger partial charge in [-0.25, -0.2) is 0 Å². The zero-order chi connectivity index (χ0) is 4.12. The van der Waals surface area contributed by atoms with Gasteiger partial charge in [0.1, 0.15) is 0 Å². The van der Waals surface area contributed by atoms with Crippen molar-refractivity contribution < 1.29 is 24.6 Å². The van der Waals surface area contributed by atoms with Gasteiger partial charge in [0.15, 0.2) is 0 Å². The Morgan fingerprint density at radius 3 is 1.60 bits per heavy atom. The first kappa shape index (κ1) is 7.40. The van der Waals surface area contributed by atoms with Crippen molar-refractivity contribution in [1.29, 1.82) is 0 Å². The van der Waals surface area contributed by atoms with E-state index >= 15 is 0 Å². The van der Waals surface area contributed by atoms with Crippen molar-refractivity contribution in [3.05, 3.63) is 0 Å². The summed E-state index contributed by atoms with van der Waals surface area (Å²) in [6.45, 7) is 0. The van der Waals surface area contributed by atoms with Crippen molar-refractivity contribution in [3.63, 3.8) is 0 Å². The van der Waals surface area contributed by atoms with Gasteiger partial charge in [-0.2, -0.15) is 0 Å². The molecule has 0 atom stereocenters. The van der Waals surface area contributed by atoms with Crippen LogP contribution in [0.4, 0.5) is 0 Å². The van der Waals surface area contributed by atoms with Crippen molar-refractivity contribution in [3.8, 4) is 0 Å². The van der Waals surface area contributed by atoms with E-state index in [-0.39, 0.29) is 24.6 Å². The summed E-state index contributed by atoms with van der Waals surface area (Å²) in [4.78, 5) is 0. The molecule has 0 aliphatic rings. The van der Waals surface area contributed by atoms with Gasteiger partial charge < -0.3 is 0 Å². The van der Waals surface area contributed by atoms with Gasteiger partial charge in [-0.15, -0.1) is 0 Å². The van der Waals surface area contributed by atoms with Crippen LogP contribution in [0.25, 0.3) is 0 Å². The van der Waals surface area contributed by atoms with Crippen LogP contribution < -0.4 is 0 Å². The van der Waals surface area contributed by atoms with Crippen LogP contribution in [0, 0.1) is 0 Å². The molecule has 0 rings (SSSR count). The Morgan fingerprint density at radius 2 is 1.60 bits per heavy atom. The van der Waals surface area contributed by atoms with Crippen LogP contribution >= 0.6 is 45.2 Å². The Bertz CT molecular complexity index is 15.1. The first-order valence-corrected chi connectivity index (χ1v) is 12.4. The van der Waals surface area contributed by atoms with Crippen molar-refractivity contribution in [2.75, 3.05) is 3.87 Å². The van der Waals surface area contributed by atoms with Crippen molar-refractivity contribution in [1.82, 2.24) is 0 Å². The minimum atomic E-state index is -0.169. The summed E-state index contributed by atoms with van der Waals surface area (Å²) in [6, 6.07) is 0. The fourth-order valence-corrected chi connectivity index (χ4v) is 19.9. The predicted molar refractivity (Wildman–Crippen MR) is 37.8 cm³/mol. The molecule has 5 heavy (non-hydrogen) atoms. The molecule has 0 saturated heterocycles. The maximum atomic E-state index is 2.48. The quantitative estimate of drug-likeness (QED) is 0.320. The van der Waals surface area contributed by atoms with Crippen LogP contribution in [0.2, 0.25) is 0 Å². The van der Waals surface area contributed by atoms with Gasteiger partial charge in [0, 0.05) is 0 Å². The molecule has 0 saturated carbocycles. The number of hydrogen-bond acceptors (Lipinski definition) is 0. The van der Waals surface area contributed by atoms with Gasteiger partial charge in [0.2, 0.25) is 0 Å². The molecule has 0 spiro atoms. The van der Waals surface area contributed by atoms with Gasteiger partial charge in [-0.05, 0) is 0 Å². The molecule has 0 bridgehead atoms. The van der Waals surface area contributed by atoms with E-state index in [4.69, 9.17) is 0 Å². The Balaban J connectivity index is 2.19. The number of alkyl halides is 2. The van der Waals surface area contributed by atoms with E-state index in [9.17, 15) is 0 Å². The van der Waals surface area contributed by atoms with Gasteiger partial charge in [0.05, 0.1) is 0 Å². The monoisotopic (exact) mass is 484 g/mol. The van der Waals surface area contributed by atoms with Crippen LogP contribution in [-0.4, -0.2) is 3.87 Å². The zero-order valence-electron chi connectivity index (χ0n) is 2.88. The van der Waals surface area contributed by atoms with Gasteiger partial charge in [0.25, 0.3) is 0 Å². The van der Waals surface area contributed by atoms with E-state index in [0.717, 1.165) is 0 Å². The molecule has 0 aliphatic carbocycles. The Hall–Kier alpha value is 2.40. The number of hydrogen-bond donors (Lipinski definition) is 0. The molecular formula is C2H4HgI2. The molecule has 0 aromatic heterocycles. The third kappa shape index (κ3) is 6.40. The van der Waals surface area contributed by atoms with Gasteiger partial charge in [-0.3, -0.25) is 0 Å². The molecule has 0 fully saturated rings. The predicted octanol–water partition coefficient (Wildman–Crippen LogP) is 1.85. The summed E-state index contributed by atoms with van der Waals surface area (Å²) in [5.41, 5.74) is 0. The average Bonchev–Trinajstić information content (AvgIpc) is 1.41. The molecule has 3 heteroatoms. The Morgan fingerprint density at radius 1 is 1.20 bits per heavy atom. The van der Waals surface area contributed by atoms with Crippen LogP contribution in [0.1, 0.15) is 0 Å². The van der Waals surface area contributed by atoms with E-state index in [0.29, 0.717) is 0 Å². The van der Waals surface area contributed by atoms with E-state index in [2.05, 4.69) is 45.2 Å². The van der Waals surface area contributed by atoms with Gasteiger partial charge in [-0.1, -0.05) is 0 Å². The zero-order valence-corrected chi connectivity index (χ0v) is 12.7. The van der Waals surface area contributed by atoms with Crippen LogP contribution in [-0.2, 0) is 24.6 Å². The van der Waals surface area contributed by atoms with Crippen LogP contribution in [0.5, 0.6) is 0 Å². The standard InChI is InChI=1S/2CH2I.Hg/c2*1-2;/h2*1H2;. The molecule has 0 aromatic rings. The first-order valence-electron chi connectivity index (χ1n) is 1.53. The molecule has 28 valence electrons. The summed E-state index contributed by atoms with van der Waals surface area (Å²) in [5, 5.41) is 0. The molecule has 0 unspecified atom stereocenters. The van der Waals surface area contributed by atoms with Crippen molar-refractivity contribution in [2.24, 2.45) is 0 Å². The second-order valence-electron chi connectivity index (χ2n) is 0.732. The SMILES string of the molecule is I[CH2][Hg][CH2]I. The summed E-state index contributed by atoms with van der Waals surface area (Å²) in [6.07, 6.45) is 0. The molecule has 0 aliphatic heterocycles. The first-order chi connectivity index (χ1) is 2.41. The van der Waals surface area contributed by atoms with E-state index in [1.165, 1.54) is 3.87 Å². The molecule has 0 amide bonds. The van der Waals surface area contributed by atoms with E-state index in [1.807, 2.05) is 0 Å². The fraction of sp³-hybridized carbons (Fsp3) is 1.00. The van der Waals surface area contributed by atoms with Crippen LogP contribution in [0.15, 0.2) is 0 Å². The second kappa shape index (κ2) is 6.40. The number of rotatable bonds is 2. The third-order valence-electron chi connectivity index (χ3n) is 0.267. The summed E-state index contributed by atoms with van der Waals surface area (Å²) in [7, 11) is 0. The average molecular weight is 482 g/mol. The molecule has 0 radical (unpaired) electrons. The summed E-state index contributed by atoms with van der Waals surface area (Å²) >= 11 is 4.79. The molecule has 0 heterocycles. The normalized spacial score (nSPS) is 6.80. The summed E-state index contributed by atoms with van der Waals surface area (Å²) in [5.74, 6) is 0. The van der Waals surface area contributed by atoms with Gasteiger partial charge >= 0.3 is 73.6 Å². The Kier molecular flexibility index (Phi) is 9.46. The second-order valence-corrected chi connectivity index (χ2v) is 25.4. The molecular weight excluding hydrogens is 478 g/mol. The minimum absolute atomic E-state index is 0.169. The summed E-state index contributed by atoms with van der Waals surface area (Å²) < 4.78 is 3.06. The molecule has 0 N–H and O–H groups in total. The van der Waals surface area contributed by atoms with E-state index in [1.54, 1.807) is 0 Å². The molecule has 0 nitrogen and oxygen atoms in total. The van der Waals surface area contributed by atoms with Crippen molar-refractivity contribution in [2.45, 2.75) is 0 Å². The number of halogens is 2. The van der Waals surface area contributed by atoms with E-state index < -0.39 is 0 Å². The third-order valence-corrected chi connectivity index (χ3v) is 15.7. The van der Waals surface area contributed by atoms with Crippen LogP contribution in [0.3, 0.4) is 0 Å². The Labute approximate surface area is 72.2 Å². The maximum absolute atomic E-state index is 2.48. The topological polar surface area (TPSA) is 0 Å². The van der Waals surface area contributed by atoms with Crippen molar-refractivity contribution >= 4 is 45.2 Å². The fourth-order valence-electron chi connectivity index (χ4n) is 0.0505. The molecule has 0 aromatic carbocycles.